The first-order chi connectivity index (χ1) is 9.10. The summed E-state index contributed by atoms with van der Waals surface area (Å²) in [6, 6.07) is 3.50. The zero-order valence-corrected chi connectivity index (χ0v) is 10.7. The van der Waals surface area contributed by atoms with E-state index in [2.05, 4.69) is 15.5 Å². The van der Waals surface area contributed by atoms with Crippen LogP contribution in [0.2, 0.25) is 0 Å². The van der Waals surface area contributed by atoms with Gasteiger partial charge in [-0.2, -0.15) is 0 Å². The average molecular weight is 262 g/mol. The smallest absolute Gasteiger partial charge is 0.290 e. The quantitative estimate of drug-likeness (QED) is 0.657. The van der Waals surface area contributed by atoms with Crippen LogP contribution in [0.25, 0.3) is 0 Å². The first-order valence-electron chi connectivity index (χ1n) is 5.89. The van der Waals surface area contributed by atoms with Gasteiger partial charge >= 0.3 is 0 Å². The SMILES string of the molecule is CCc1cc(CNc2cc(C)c([N+](=O)[O-])cn2)on1. The minimum Gasteiger partial charge on any atom is -0.363 e. The Morgan fingerprint density at radius 1 is 1.47 bits per heavy atom. The van der Waals surface area contributed by atoms with Gasteiger partial charge in [0.25, 0.3) is 5.69 Å². The fourth-order valence-electron chi connectivity index (χ4n) is 1.62. The van der Waals surface area contributed by atoms with Crippen LogP contribution in [0, 0.1) is 17.0 Å². The van der Waals surface area contributed by atoms with Gasteiger partial charge in [-0.05, 0) is 19.4 Å². The number of hydrogen-bond donors (Lipinski definition) is 1. The number of nitro groups is 1. The fraction of sp³-hybridized carbons (Fsp3) is 0.333. The molecule has 0 aliphatic heterocycles. The summed E-state index contributed by atoms with van der Waals surface area (Å²) >= 11 is 0. The molecular formula is C12H14N4O3. The molecule has 0 aliphatic rings. The maximum absolute atomic E-state index is 10.7. The first-order valence-corrected chi connectivity index (χ1v) is 5.89. The molecule has 0 fully saturated rings. The van der Waals surface area contributed by atoms with Crippen molar-refractivity contribution in [1.29, 1.82) is 0 Å². The molecule has 1 N–H and O–H groups in total. The summed E-state index contributed by atoms with van der Waals surface area (Å²) in [4.78, 5) is 14.2. The monoisotopic (exact) mass is 262 g/mol. The fourth-order valence-corrected chi connectivity index (χ4v) is 1.62. The topological polar surface area (TPSA) is 94.1 Å². The first kappa shape index (κ1) is 13.0. The summed E-state index contributed by atoms with van der Waals surface area (Å²) in [6.45, 7) is 4.11. The standard InChI is InChI=1S/C12H14N4O3/c1-3-9-5-10(19-15-9)6-13-12-4-8(2)11(7-14-12)16(17)18/h4-5,7H,3,6H2,1-2H3,(H,13,14). The molecule has 2 rings (SSSR count). The normalized spacial score (nSPS) is 10.4. The van der Waals surface area contributed by atoms with E-state index in [-0.39, 0.29) is 5.69 Å². The maximum Gasteiger partial charge on any atom is 0.290 e. The second kappa shape index (κ2) is 5.47. The highest BCUT2D eigenvalue weighted by Gasteiger charge is 2.11. The summed E-state index contributed by atoms with van der Waals surface area (Å²) < 4.78 is 5.12. The molecule has 0 amide bonds. The molecule has 0 saturated heterocycles. The Balaban J connectivity index is 2.03. The number of hydrogen-bond acceptors (Lipinski definition) is 6. The van der Waals surface area contributed by atoms with Gasteiger partial charge in [-0.1, -0.05) is 12.1 Å². The van der Waals surface area contributed by atoms with Crippen molar-refractivity contribution in [1.82, 2.24) is 10.1 Å². The molecule has 19 heavy (non-hydrogen) atoms. The van der Waals surface area contributed by atoms with Gasteiger partial charge in [-0.15, -0.1) is 0 Å². The molecule has 0 unspecified atom stereocenters. The van der Waals surface area contributed by atoms with Gasteiger partial charge in [0.2, 0.25) is 0 Å². The van der Waals surface area contributed by atoms with Crippen LogP contribution in [-0.2, 0) is 13.0 Å². The number of rotatable bonds is 5. The highest BCUT2D eigenvalue weighted by Crippen LogP contribution is 2.19. The molecule has 2 heterocycles. The summed E-state index contributed by atoms with van der Waals surface area (Å²) in [5.74, 6) is 1.27. The minimum absolute atomic E-state index is 0.0125. The second-order valence-electron chi connectivity index (χ2n) is 4.10. The minimum atomic E-state index is -0.448. The van der Waals surface area contributed by atoms with Gasteiger partial charge in [0.15, 0.2) is 5.76 Å². The lowest BCUT2D eigenvalue weighted by atomic mass is 10.2. The van der Waals surface area contributed by atoms with Crippen molar-refractivity contribution in [3.05, 3.63) is 45.5 Å². The second-order valence-corrected chi connectivity index (χ2v) is 4.10. The molecule has 2 aromatic rings. The number of nitrogens with zero attached hydrogens (tertiary/aromatic N) is 3. The van der Waals surface area contributed by atoms with E-state index < -0.39 is 4.92 Å². The highest BCUT2D eigenvalue weighted by atomic mass is 16.6. The molecule has 7 heteroatoms. The van der Waals surface area contributed by atoms with Gasteiger partial charge in [0.1, 0.15) is 12.0 Å². The van der Waals surface area contributed by atoms with Gasteiger partial charge in [0.05, 0.1) is 17.2 Å². The highest BCUT2D eigenvalue weighted by molar-refractivity contribution is 5.46. The van der Waals surface area contributed by atoms with E-state index in [1.165, 1.54) is 6.20 Å². The van der Waals surface area contributed by atoms with Gasteiger partial charge in [0, 0.05) is 11.6 Å². The van der Waals surface area contributed by atoms with Crippen LogP contribution in [0.5, 0.6) is 0 Å². The number of pyridine rings is 1. The number of aryl methyl sites for hydroxylation is 2. The number of anilines is 1. The van der Waals surface area contributed by atoms with Crippen molar-refractivity contribution in [3.63, 3.8) is 0 Å². The molecule has 0 aromatic carbocycles. The Bertz CT molecular complexity index is 594. The van der Waals surface area contributed by atoms with E-state index >= 15 is 0 Å². The Morgan fingerprint density at radius 2 is 2.26 bits per heavy atom. The van der Waals surface area contributed by atoms with E-state index in [0.717, 1.165) is 12.1 Å². The predicted molar refractivity (Wildman–Crippen MR) is 68.8 cm³/mol. The molecule has 7 nitrogen and oxygen atoms in total. The lowest BCUT2D eigenvalue weighted by molar-refractivity contribution is -0.385. The van der Waals surface area contributed by atoms with Crippen LogP contribution in [0.3, 0.4) is 0 Å². The maximum atomic E-state index is 10.7. The molecule has 0 saturated carbocycles. The number of nitrogens with one attached hydrogen (secondary N) is 1. The largest absolute Gasteiger partial charge is 0.363 e. The van der Waals surface area contributed by atoms with Gasteiger partial charge in [-0.25, -0.2) is 4.98 Å². The zero-order chi connectivity index (χ0) is 13.8. The predicted octanol–water partition coefficient (Wildman–Crippen LogP) is 2.46. The number of aromatic nitrogens is 2. The van der Waals surface area contributed by atoms with Crippen molar-refractivity contribution in [2.24, 2.45) is 0 Å². The van der Waals surface area contributed by atoms with Crippen molar-refractivity contribution in [2.45, 2.75) is 26.8 Å². The van der Waals surface area contributed by atoms with Crippen molar-refractivity contribution >= 4 is 11.5 Å². The van der Waals surface area contributed by atoms with E-state index in [4.69, 9.17) is 4.52 Å². The molecule has 0 spiro atoms. The molecule has 0 radical (unpaired) electrons. The van der Waals surface area contributed by atoms with Crippen molar-refractivity contribution in [2.75, 3.05) is 5.32 Å². The third-order valence-corrected chi connectivity index (χ3v) is 2.69. The molecule has 2 aromatic heterocycles. The molecule has 0 atom stereocenters. The van der Waals surface area contributed by atoms with Crippen molar-refractivity contribution < 1.29 is 9.45 Å². The van der Waals surface area contributed by atoms with E-state index in [1.54, 1.807) is 13.0 Å². The Labute approximate surface area is 109 Å². The van der Waals surface area contributed by atoms with Crippen LogP contribution in [0.1, 0.15) is 23.9 Å². The van der Waals surface area contributed by atoms with E-state index in [1.807, 2.05) is 13.0 Å². The average Bonchev–Trinajstić information content (AvgIpc) is 2.84. The Hall–Kier alpha value is -2.44. The third-order valence-electron chi connectivity index (χ3n) is 2.69. The van der Waals surface area contributed by atoms with Crippen LogP contribution in [0.15, 0.2) is 22.9 Å². The molecule has 100 valence electrons. The van der Waals surface area contributed by atoms with E-state index in [0.29, 0.717) is 23.7 Å². The van der Waals surface area contributed by atoms with Crippen LogP contribution in [-0.4, -0.2) is 15.1 Å². The van der Waals surface area contributed by atoms with Gasteiger partial charge in [-0.3, -0.25) is 10.1 Å². The Morgan fingerprint density at radius 3 is 2.84 bits per heavy atom. The summed E-state index contributed by atoms with van der Waals surface area (Å²) in [5, 5.41) is 17.6. The van der Waals surface area contributed by atoms with Gasteiger partial charge < -0.3 is 9.84 Å². The molecule has 0 aliphatic carbocycles. The Kier molecular flexibility index (Phi) is 3.74. The lowest BCUT2D eigenvalue weighted by Crippen LogP contribution is -2.02. The van der Waals surface area contributed by atoms with Crippen LogP contribution < -0.4 is 5.32 Å². The summed E-state index contributed by atoms with van der Waals surface area (Å²) in [6.07, 6.45) is 2.06. The third kappa shape index (κ3) is 3.06. The van der Waals surface area contributed by atoms with Crippen molar-refractivity contribution in [3.8, 4) is 0 Å². The summed E-state index contributed by atoms with van der Waals surface area (Å²) in [5.41, 5.74) is 1.47. The summed E-state index contributed by atoms with van der Waals surface area (Å²) in [7, 11) is 0. The molecular weight excluding hydrogens is 248 g/mol. The lowest BCUT2D eigenvalue weighted by Gasteiger charge is -2.04. The zero-order valence-electron chi connectivity index (χ0n) is 10.7. The molecule has 0 bridgehead atoms. The van der Waals surface area contributed by atoms with E-state index in [9.17, 15) is 10.1 Å². The van der Waals surface area contributed by atoms with Crippen LogP contribution in [0.4, 0.5) is 11.5 Å². The van der Waals surface area contributed by atoms with Crippen LogP contribution >= 0.6 is 0 Å².